The molecule has 0 radical (unpaired) electrons. The summed E-state index contributed by atoms with van der Waals surface area (Å²) in [6, 6.07) is 5.99. The summed E-state index contributed by atoms with van der Waals surface area (Å²) in [5.41, 5.74) is 2.93. The van der Waals surface area contributed by atoms with Crippen molar-refractivity contribution in [2.24, 2.45) is 11.8 Å². The molecule has 2 amide bonds. The Labute approximate surface area is 161 Å². The summed E-state index contributed by atoms with van der Waals surface area (Å²) in [7, 11) is 0. The van der Waals surface area contributed by atoms with Crippen molar-refractivity contribution in [2.45, 2.75) is 58.8 Å². The summed E-state index contributed by atoms with van der Waals surface area (Å²) >= 11 is 0. The Morgan fingerprint density at radius 2 is 1.93 bits per heavy atom. The van der Waals surface area contributed by atoms with E-state index in [1.165, 1.54) is 6.42 Å². The van der Waals surface area contributed by atoms with Crippen molar-refractivity contribution in [3.05, 3.63) is 34.9 Å². The quantitative estimate of drug-likeness (QED) is 0.818. The standard InChI is InChI=1S/C22H30N2O3/c1-3-15-10-17(11-15)21(25)23-8-9-24(18(4-2)12-23)22(26)19-7-5-6-16-13-27-14-20(16)19/h5-7,15,17-18H,3-4,8-14H2,1-2H3. The molecule has 27 heavy (non-hydrogen) atoms. The number of hydrogen-bond donors (Lipinski definition) is 0. The van der Waals surface area contributed by atoms with Crippen LogP contribution < -0.4 is 0 Å². The van der Waals surface area contributed by atoms with Gasteiger partial charge < -0.3 is 14.5 Å². The minimum atomic E-state index is 0.0889. The second-order valence-corrected chi connectivity index (χ2v) is 8.22. The maximum absolute atomic E-state index is 13.3. The van der Waals surface area contributed by atoms with Crippen LogP contribution in [0.4, 0.5) is 0 Å². The molecule has 3 aliphatic rings. The topological polar surface area (TPSA) is 49.9 Å². The van der Waals surface area contributed by atoms with Gasteiger partial charge in [0, 0.05) is 37.2 Å². The molecule has 4 rings (SSSR count). The number of nitrogens with zero attached hydrogens (tertiary/aromatic N) is 2. The van der Waals surface area contributed by atoms with Crippen molar-refractivity contribution in [3.63, 3.8) is 0 Å². The van der Waals surface area contributed by atoms with E-state index in [2.05, 4.69) is 13.8 Å². The van der Waals surface area contributed by atoms with Crippen LogP contribution in [0.5, 0.6) is 0 Å². The first kappa shape index (κ1) is 18.5. The number of ether oxygens (including phenoxy) is 1. The average molecular weight is 370 g/mol. The molecular weight excluding hydrogens is 340 g/mol. The summed E-state index contributed by atoms with van der Waals surface area (Å²) in [5.74, 6) is 1.33. The van der Waals surface area contributed by atoms with E-state index in [0.717, 1.165) is 41.9 Å². The number of amides is 2. The molecule has 1 unspecified atom stereocenters. The zero-order valence-electron chi connectivity index (χ0n) is 16.4. The maximum Gasteiger partial charge on any atom is 0.254 e. The molecule has 0 N–H and O–H groups in total. The van der Waals surface area contributed by atoms with Gasteiger partial charge in [0.25, 0.3) is 5.91 Å². The molecule has 0 bridgehead atoms. The molecule has 146 valence electrons. The Morgan fingerprint density at radius 1 is 1.11 bits per heavy atom. The second-order valence-electron chi connectivity index (χ2n) is 8.22. The number of piperazine rings is 1. The molecule has 1 saturated heterocycles. The van der Waals surface area contributed by atoms with E-state index in [1.54, 1.807) is 0 Å². The molecule has 2 heterocycles. The van der Waals surface area contributed by atoms with Gasteiger partial charge in [-0.15, -0.1) is 0 Å². The zero-order valence-corrected chi connectivity index (χ0v) is 16.4. The Morgan fingerprint density at radius 3 is 2.67 bits per heavy atom. The SMILES string of the molecule is CCC1CC(C(=O)N2CCN(C(=O)c3cccc4c3COC4)C(CC)C2)C1. The number of benzene rings is 1. The molecule has 2 fully saturated rings. The average Bonchev–Trinajstić information content (AvgIpc) is 3.14. The molecule has 1 aromatic rings. The normalized spacial score (nSPS) is 27.3. The summed E-state index contributed by atoms with van der Waals surface area (Å²) in [6.07, 6.45) is 4.13. The van der Waals surface area contributed by atoms with E-state index < -0.39 is 0 Å². The van der Waals surface area contributed by atoms with Crippen LogP contribution in [0.3, 0.4) is 0 Å². The molecule has 0 aromatic heterocycles. The molecule has 1 saturated carbocycles. The lowest BCUT2D eigenvalue weighted by atomic mass is 9.73. The lowest BCUT2D eigenvalue weighted by Crippen LogP contribution is -2.58. The fourth-order valence-corrected chi connectivity index (χ4v) is 4.76. The van der Waals surface area contributed by atoms with E-state index in [4.69, 9.17) is 4.74 Å². The third kappa shape index (κ3) is 3.38. The summed E-state index contributed by atoms with van der Waals surface area (Å²) in [5, 5.41) is 0. The molecule has 5 heteroatoms. The Balaban J connectivity index is 1.44. The van der Waals surface area contributed by atoms with Crippen molar-refractivity contribution in [1.29, 1.82) is 0 Å². The smallest absolute Gasteiger partial charge is 0.254 e. The van der Waals surface area contributed by atoms with Crippen LogP contribution in [0, 0.1) is 11.8 Å². The fraction of sp³-hybridized carbons (Fsp3) is 0.636. The maximum atomic E-state index is 13.3. The van der Waals surface area contributed by atoms with E-state index in [9.17, 15) is 9.59 Å². The third-order valence-electron chi connectivity index (χ3n) is 6.70. The van der Waals surface area contributed by atoms with Crippen LogP contribution in [0.2, 0.25) is 0 Å². The van der Waals surface area contributed by atoms with Gasteiger partial charge in [0.15, 0.2) is 0 Å². The van der Waals surface area contributed by atoms with Gasteiger partial charge in [-0.2, -0.15) is 0 Å². The van der Waals surface area contributed by atoms with E-state index in [1.807, 2.05) is 28.0 Å². The molecule has 5 nitrogen and oxygen atoms in total. The minimum absolute atomic E-state index is 0.0889. The van der Waals surface area contributed by atoms with Gasteiger partial charge >= 0.3 is 0 Å². The van der Waals surface area contributed by atoms with Crippen molar-refractivity contribution in [2.75, 3.05) is 19.6 Å². The highest BCUT2D eigenvalue weighted by atomic mass is 16.5. The van der Waals surface area contributed by atoms with Gasteiger partial charge in [-0.1, -0.05) is 32.4 Å². The number of fused-ring (bicyclic) bond motifs is 1. The van der Waals surface area contributed by atoms with Gasteiger partial charge in [0.2, 0.25) is 5.91 Å². The third-order valence-corrected chi connectivity index (χ3v) is 6.70. The Hall–Kier alpha value is -1.88. The van der Waals surface area contributed by atoms with E-state index in [0.29, 0.717) is 38.8 Å². The van der Waals surface area contributed by atoms with Crippen molar-refractivity contribution < 1.29 is 14.3 Å². The van der Waals surface area contributed by atoms with Crippen molar-refractivity contribution >= 4 is 11.8 Å². The molecule has 1 aromatic carbocycles. The van der Waals surface area contributed by atoms with E-state index >= 15 is 0 Å². The minimum Gasteiger partial charge on any atom is -0.372 e. The Kier molecular flexibility index (Phi) is 5.22. The first-order valence-electron chi connectivity index (χ1n) is 10.4. The van der Waals surface area contributed by atoms with E-state index in [-0.39, 0.29) is 17.9 Å². The zero-order chi connectivity index (χ0) is 19.0. The highest BCUT2D eigenvalue weighted by molar-refractivity contribution is 5.96. The number of carbonyl (C=O) groups excluding carboxylic acids is 2. The molecule has 1 atom stereocenters. The first-order valence-corrected chi connectivity index (χ1v) is 10.4. The predicted octanol–water partition coefficient (Wildman–Crippen LogP) is 3.22. The van der Waals surface area contributed by atoms with Gasteiger partial charge in [0.1, 0.15) is 0 Å². The molecule has 1 aliphatic carbocycles. The summed E-state index contributed by atoms with van der Waals surface area (Å²) in [4.78, 5) is 30.1. The lowest BCUT2D eigenvalue weighted by molar-refractivity contribution is -0.142. The van der Waals surface area contributed by atoms with Crippen LogP contribution in [0.15, 0.2) is 18.2 Å². The van der Waals surface area contributed by atoms with Gasteiger partial charge in [0.05, 0.1) is 13.2 Å². The van der Waals surface area contributed by atoms with Crippen LogP contribution in [-0.2, 0) is 22.7 Å². The molecule has 0 spiro atoms. The largest absolute Gasteiger partial charge is 0.372 e. The van der Waals surface area contributed by atoms with Crippen LogP contribution in [0.25, 0.3) is 0 Å². The first-order chi connectivity index (χ1) is 13.1. The van der Waals surface area contributed by atoms with Crippen molar-refractivity contribution in [3.8, 4) is 0 Å². The lowest BCUT2D eigenvalue weighted by Gasteiger charge is -2.44. The van der Waals surface area contributed by atoms with Gasteiger partial charge in [-0.05, 0) is 42.4 Å². The second kappa shape index (κ2) is 7.63. The van der Waals surface area contributed by atoms with Gasteiger partial charge in [-0.25, -0.2) is 0 Å². The van der Waals surface area contributed by atoms with Gasteiger partial charge in [-0.3, -0.25) is 9.59 Å². The molecule has 2 aliphatic heterocycles. The van der Waals surface area contributed by atoms with Crippen LogP contribution in [-0.4, -0.2) is 47.3 Å². The summed E-state index contributed by atoms with van der Waals surface area (Å²) < 4.78 is 5.53. The fourth-order valence-electron chi connectivity index (χ4n) is 4.76. The van der Waals surface area contributed by atoms with Crippen LogP contribution >= 0.6 is 0 Å². The highest BCUT2D eigenvalue weighted by Gasteiger charge is 2.39. The number of rotatable bonds is 4. The predicted molar refractivity (Wildman–Crippen MR) is 103 cm³/mol. The Bertz CT molecular complexity index is 726. The highest BCUT2D eigenvalue weighted by Crippen LogP contribution is 2.37. The van der Waals surface area contributed by atoms with Crippen molar-refractivity contribution in [1.82, 2.24) is 9.80 Å². The number of carbonyl (C=O) groups is 2. The monoisotopic (exact) mass is 370 g/mol. The number of hydrogen-bond acceptors (Lipinski definition) is 3. The summed E-state index contributed by atoms with van der Waals surface area (Å²) in [6.45, 7) is 7.36. The molecular formula is C22H30N2O3. The van der Waals surface area contributed by atoms with Crippen LogP contribution in [0.1, 0.15) is 61.0 Å².